The van der Waals surface area contributed by atoms with Gasteiger partial charge < -0.3 is 15.0 Å². The van der Waals surface area contributed by atoms with Gasteiger partial charge in [-0.1, -0.05) is 12.1 Å². The second-order valence-corrected chi connectivity index (χ2v) is 5.70. The van der Waals surface area contributed by atoms with Crippen LogP contribution in [0.4, 0.5) is 0 Å². The summed E-state index contributed by atoms with van der Waals surface area (Å²) >= 11 is 0. The predicted octanol–water partition coefficient (Wildman–Crippen LogP) is 1.75. The molecule has 5 heteroatoms. The highest BCUT2D eigenvalue weighted by Gasteiger charge is 2.21. The molecular weight excluding hydrogens is 280 g/mol. The number of carbonyl (C=O) groups excluding carboxylic acids is 2. The van der Waals surface area contributed by atoms with E-state index in [2.05, 4.69) is 5.32 Å². The van der Waals surface area contributed by atoms with Crippen LogP contribution in [0.5, 0.6) is 5.75 Å². The summed E-state index contributed by atoms with van der Waals surface area (Å²) in [5.41, 5.74) is 1.13. The Labute approximate surface area is 131 Å². The number of ether oxygens (including phenoxy) is 1. The molecule has 1 aliphatic heterocycles. The molecule has 0 spiro atoms. The number of methoxy groups -OCH3 is 1. The van der Waals surface area contributed by atoms with Crippen molar-refractivity contribution < 1.29 is 14.3 Å². The SMILES string of the molecule is COc1ccc(CCC(=O)NC2CCN(C(C)=O)CC2)cc1. The highest BCUT2D eigenvalue weighted by molar-refractivity contribution is 5.76. The summed E-state index contributed by atoms with van der Waals surface area (Å²) < 4.78 is 5.11. The van der Waals surface area contributed by atoms with Crippen LogP contribution >= 0.6 is 0 Å². The van der Waals surface area contributed by atoms with E-state index in [1.807, 2.05) is 29.2 Å². The van der Waals surface area contributed by atoms with Gasteiger partial charge in [0, 0.05) is 32.5 Å². The van der Waals surface area contributed by atoms with Gasteiger partial charge in [0.2, 0.25) is 11.8 Å². The lowest BCUT2D eigenvalue weighted by molar-refractivity contribution is -0.130. The molecule has 2 amide bonds. The summed E-state index contributed by atoms with van der Waals surface area (Å²) in [6.07, 6.45) is 2.89. The van der Waals surface area contributed by atoms with Crippen LogP contribution in [-0.4, -0.2) is 43.0 Å². The fraction of sp³-hybridized carbons (Fsp3) is 0.529. The van der Waals surface area contributed by atoms with E-state index in [1.165, 1.54) is 0 Å². The van der Waals surface area contributed by atoms with E-state index < -0.39 is 0 Å². The molecule has 0 radical (unpaired) electrons. The van der Waals surface area contributed by atoms with E-state index >= 15 is 0 Å². The Kier molecular flexibility index (Phi) is 5.81. The van der Waals surface area contributed by atoms with E-state index in [1.54, 1.807) is 14.0 Å². The molecule has 120 valence electrons. The van der Waals surface area contributed by atoms with Crippen molar-refractivity contribution in [3.05, 3.63) is 29.8 Å². The van der Waals surface area contributed by atoms with Crippen LogP contribution in [0.15, 0.2) is 24.3 Å². The number of aryl methyl sites for hydroxylation is 1. The van der Waals surface area contributed by atoms with Crippen molar-refractivity contribution in [1.82, 2.24) is 10.2 Å². The standard InChI is InChI=1S/C17H24N2O3/c1-13(20)19-11-9-15(10-12-19)18-17(21)8-5-14-3-6-16(22-2)7-4-14/h3-4,6-7,15H,5,8-12H2,1-2H3,(H,18,21). The van der Waals surface area contributed by atoms with E-state index in [0.29, 0.717) is 6.42 Å². The quantitative estimate of drug-likeness (QED) is 0.901. The molecule has 2 rings (SSSR count). The first-order chi connectivity index (χ1) is 10.6. The zero-order chi connectivity index (χ0) is 15.9. The monoisotopic (exact) mass is 304 g/mol. The van der Waals surface area contributed by atoms with Crippen LogP contribution in [0, 0.1) is 0 Å². The molecule has 1 saturated heterocycles. The average Bonchev–Trinajstić information content (AvgIpc) is 2.54. The summed E-state index contributed by atoms with van der Waals surface area (Å²) in [4.78, 5) is 25.1. The van der Waals surface area contributed by atoms with Crippen LogP contribution in [0.2, 0.25) is 0 Å². The van der Waals surface area contributed by atoms with Crippen LogP contribution in [0.3, 0.4) is 0 Å². The maximum Gasteiger partial charge on any atom is 0.220 e. The smallest absolute Gasteiger partial charge is 0.220 e. The highest BCUT2D eigenvalue weighted by Crippen LogP contribution is 2.13. The molecule has 1 aliphatic rings. The number of nitrogens with zero attached hydrogens (tertiary/aromatic N) is 1. The van der Waals surface area contributed by atoms with Gasteiger partial charge in [0.15, 0.2) is 0 Å². The Balaban J connectivity index is 1.70. The van der Waals surface area contributed by atoms with E-state index in [0.717, 1.165) is 43.7 Å². The van der Waals surface area contributed by atoms with Gasteiger partial charge in [-0.25, -0.2) is 0 Å². The Bertz CT molecular complexity index is 505. The molecule has 0 aliphatic carbocycles. The largest absolute Gasteiger partial charge is 0.497 e. The summed E-state index contributed by atoms with van der Waals surface area (Å²) in [5.74, 6) is 1.02. The van der Waals surface area contributed by atoms with Gasteiger partial charge in [-0.15, -0.1) is 0 Å². The molecule has 1 fully saturated rings. The van der Waals surface area contributed by atoms with Crippen molar-refractivity contribution in [2.24, 2.45) is 0 Å². The van der Waals surface area contributed by atoms with E-state index in [-0.39, 0.29) is 17.9 Å². The van der Waals surface area contributed by atoms with Crippen molar-refractivity contribution in [2.75, 3.05) is 20.2 Å². The third-order valence-corrected chi connectivity index (χ3v) is 4.11. The number of benzene rings is 1. The number of likely N-dealkylation sites (tertiary alicyclic amines) is 1. The lowest BCUT2D eigenvalue weighted by atomic mass is 10.0. The topological polar surface area (TPSA) is 58.6 Å². The molecule has 5 nitrogen and oxygen atoms in total. The molecule has 0 bridgehead atoms. The normalized spacial score (nSPS) is 15.5. The number of nitrogens with one attached hydrogen (secondary N) is 1. The zero-order valence-corrected chi connectivity index (χ0v) is 13.3. The first kappa shape index (κ1) is 16.3. The van der Waals surface area contributed by atoms with Crippen LogP contribution < -0.4 is 10.1 Å². The van der Waals surface area contributed by atoms with Gasteiger partial charge >= 0.3 is 0 Å². The Morgan fingerprint density at radius 2 is 1.86 bits per heavy atom. The molecule has 1 N–H and O–H groups in total. The minimum absolute atomic E-state index is 0.0806. The van der Waals surface area contributed by atoms with Crippen LogP contribution in [-0.2, 0) is 16.0 Å². The number of amides is 2. The van der Waals surface area contributed by atoms with Gasteiger partial charge in [-0.05, 0) is 37.0 Å². The summed E-state index contributed by atoms with van der Waals surface area (Å²) in [6.45, 7) is 3.06. The molecule has 1 aromatic carbocycles. The van der Waals surface area contributed by atoms with Crippen LogP contribution in [0.25, 0.3) is 0 Å². The number of carbonyl (C=O) groups is 2. The first-order valence-corrected chi connectivity index (χ1v) is 7.76. The van der Waals surface area contributed by atoms with Crippen LogP contribution in [0.1, 0.15) is 31.7 Å². The Morgan fingerprint density at radius 3 is 2.41 bits per heavy atom. The van der Waals surface area contributed by atoms with Crippen molar-refractivity contribution >= 4 is 11.8 Å². The molecule has 1 aromatic rings. The van der Waals surface area contributed by atoms with Gasteiger partial charge in [-0.3, -0.25) is 9.59 Å². The lowest BCUT2D eigenvalue weighted by Crippen LogP contribution is -2.46. The van der Waals surface area contributed by atoms with Crippen molar-refractivity contribution in [1.29, 1.82) is 0 Å². The highest BCUT2D eigenvalue weighted by atomic mass is 16.5. The van der Waals surface area contributed by atoms with Gasteiger partial charge in [-0.2, -0.15) is 0 Å². The van der Waals surface area contributed by atoms with E-state index in [4.69, 9.17) is 4.74 Å². The molecule has 22 heavy (non-hydrogen) atoms. The molecule has 0 aromatic heterocycles. The van der Waals surface area contributed by atoms with Crippen molar-refractivity contribution in [2.45, 2.75) is 38.6 Å². The van der Waals surface area contributed by atoms with Gasteiger partial charge in [0.1, 0.15) is 5.75 Å². The van der Waals surface area contributed by atoms with Crippen molar-refractivity contribution in [3.8, 4) is 5.75 Å². The molecule has 0 saturated carbocycles. The third kappa shape index (κ3) is 4.76. The predicted molar refractivity (Wildman–Crippen MR) is 84.7 cm³/mol. The summed E-state index contributed by atoms with van der Waals surface area (Å²) in [6, 6.07) is 7.98. The third-order valence-electron chi connectivity index (χ3n) is 4.11. The second kappa shape index (κ2) is 7.82. The van der Waals surface area contributed by atoms with Gasteiger partial charge in [0.05, 0.1) is 7.11 Å². The van der Waals surface area contributed by atoms with Crippen molar-refractivity contribution in [3.63, 3.8) is 0 Å². The summed E-state index contributed by atoms with van der Waals surface area (Å²) in [7, 11) is 1.64. The molecular formula is C17H24N2O3. The minimum atomic E-state index is 0.0806. The van der Waals surface area contributed by atoms with E-state index in [9.17, 15) is 9.59 Å². The second-order valence-electron chi connectivity index (χ2n) is 5.70. The Morgan fingerprint density at radius 1 is 1.23 bits per heavy atom. The number of piperidine rings is 1. The Hall–Kier alpha value is -2.04. The maximum absolute atomic E-state index is 12.0. The average molecular weight is 304 g/mol. The molecule has 0 atom stereocenters. The first-order valence-electron chi connectivity index (χ1n) is 7.76. The fourth-order valence-corrected chi connectivity index (χ4v) is 2.69. The molecule has 0 unspecified atom stereocenters. The summed E-state index contributed by atoms with van der Waals surface area (Å²) in [5, 5.41) is 3.07. The minimum Gasteiger partial charge on any atom is -0.497 e. The molecule has 1 heterocycles. The van der Waals surface area contributed by atoms with Gasteiger partial charge in [0.25, 0.3) is 0 Å². The maximum atomic E-state index is 12.0. The fourth-order valence-electron chi connectivity index (χ4n) is 2.69. The zero-order valence-electron chi connectivity index (χ0n) is 13.3. The lowest BCUT2D eigenvalue weighted by Gasteiger charge is -2.31. The number of hydrogen-bond acceptors (Lipinski definition) is 3. The number of hydrogen-bond donors (Lipinski definition) is 1. The number of rotatable bonds is 5.